The van der Waals surface area contributed by atoms with Gasteiger partial charge in [0, 0.05) is 25.8 Å². The van der Waals surface area contributed by atoms with Crippen LogP contribution in [0.4, 0.5) is 20.2 Å². The van der Waals surface area contributed by atoms with Gasteiger partial charge in [0.15, 0.2) is 5.82 Å². The van der Waals surface area contributed by atoms with Crippen LogP contribution in [-0.4, -0.2) is 25.8 Å². The van der Waals surface area contributed by atoms with Crippen LogP contribution in [0, 0.1) is 11.6 Å². The van der Waals surface area contributed by atoms with E-state index in [4.69, 9.17) is 10.5 Å². The van der Waals surface area contributed by atoms with Crippen LogP contribution in [-0.2, 0) is 4.74 Å². The lowest BCUT2D eigenvalue weighted by molar-refractivity contribution is 0.115. The van der Waals surface area contributed by atoms with Crippen molar-refractivity contribution in [2.45, 2.75) is 25.9 Å². The van der Waals surface area contributed by atoms with Crippen molar-refractivity contribution < 1.29 is 13.5 Å². The summed E-state index contributed by atoms with van der Waals surface area (Å²) >= 11 is 0. The second kappa shape index (κ2) is 5.52. The van der Waals surface area contributed by atoms with E-state index in [0.717, 1.165) is 25.5 Å². The Kier molecular flexibility index (Phi) is 4.01. The third kappa shape index (κ3) is 2.72. The molecule has 1 heterocycles. The number of nitrogens with zero attached hydrogens (tertiary/aromatic N) is 1. The van der Waals surface area contributed by atoms with Crippen molar-refractivity contribution in [3.8, 4) is 0 Å². The monoisotopic (exact) mass is 256 g/mol. The minimum atomic E-state index is -0.712. The van der Waals surface area contributed by atoms with Gasteiger partial charge in [-0.25, -0.2) is 8.78 Å². The van der Waals surface area contributed by atoms with Crippen LogP contribution >= 0.6 is 0 Å². The molecule has 3 nitrogen and oxygen atoms in total. The van der Waals surface area contributed by atoms with Gasteiger partial charge in [0.05, 0.1) is 17.5 Å². The topological polar surface area (TPSA) is 38.5 Å². The standard InChI is InChI=1S/C13H18F2N2O/c1-2-17(8-10-4-3-5-18-10)12-7-9(14)6-11(15)13(12)16/h6-7,10H,2-5,8,16H2,1H3. The van der Waals surface area contributed by atoms with Gasteiger partial charge in [-0.1, -0.05) is 0 Å². The lowest BCUT2D eigenvalue weighted by Gasteiger charge is -2.27. The summed E-state index contributed by atoms with van der Waals surface area (Å²) < 4.78 is 32.2. The van der Waals surface area contributed by atoms with Crippen LogP contribution in [0.3, 0.4) is 0 Å². The number of anilines is 2. The summed E-state index contributed by atoms with van der Waals surface area (Å²) in [6.45, 7) is 3.93. The molecule has 1 aromatic carbocycles. The molecule has 100 valence electrons. The van der Waals surface area contributed by atoms with E-state index < -0.39 is 11.6 Å². The number of hydrogen-bond acceptors (Lipinski definition) is 3. The molecule has 0 aliphatic carbocycles. The Balaban J connectivity index is 2.20. The highest BCUT2D eigenvalue weighted by molar-refractivity contribution is 5.68. The maximum Gasteiger partial charge on any atom is 0.151 e. The summed E-state index contributed by atoms with van der Waals surface area (Å²) in [4.78, 5) is 1.86. The van der Waals surface area contributed by atoms with Gasteiger partial charge >= 0.3 is 0 Å². The molecule has 1 aromatic rings. The zero-order valence-corrected chi connectivity index (χ0v) is 10.5. The minimum Gasteiger partial charge on any atom is -0.395 e. The molecule has 0 saturated carbocycles. The van der Waals surface area contributed by atoms with Crippen molar-refractivity contribution in [1.82, 2.24) is 0 Å². The summed E-state index contributed by atoms with van der Waals surface area (Å²) in [7, 11) is 0. The second-order valence-corrected chi connectivity index (χ2v) is 4.49. The van der Waals surface area contributed by atoms with Gasteiger partial charge in [0.2, 0.25) is 0 Å². The van der Waals surface area contributed by atoms with E-state index in [1.165, 1.54) is 6.07 Å². The van der Waals surface area contributed by atoms with E-state index >= 15 is 0 Å². The molecule has 1 atom stereocenters. The van der Waals surface area contributed by atoms with Crippen LogP contribution < -0.4 is 10.6 Å². The fraction of sp³-hybridized carbons (Fsp3) is 0.538. The fourth-order valence-electron chi connectivity index (χ4n) is 2.26. The molecule has 0 spiro atoms. The summed E-state index contributed by atoms with van der Waals surface area (Å²) in [5.74, 6) is -1.32. The average Bonchev–Trinajstić information content (AvgIpc) is 2.84. The van der Waals surface area contributed by atoms with Crippen LogP contribution in [0.5, 0.6) is 0 Å². The van der Waals surface area contributed by atoms with Crippen molar-refractivity contribution >= 4 is 11.4 Å². The van der Waals surface area contributed by atoms with E-state index in [1.807, 2.05) is 11.8 Å². The van der Waals surface area contributed by atoms with Crippen LogP contribution in [0.2, 0.25) is 0 Å². The molecule has 5 heteroatoms. The first-order chi connectivity index (χ1) is 8.61. The van der Waals surface area contributed by atoms with Crippen molar-refractivity contribution in [3.05, 3.63) is 23.8 Å². The molecule has 18 heavy (non-hydrogen) atoms. The predicted octanol–water partition coefficient (Wildman–Crippen LogP) is 2.55. The Hall–Kier alpha value is -1.36. The fourth-order valence-corrected chi connectivity index (χ4v) is 2.26. The van der Waals surface area contributed by atoms with E-state index in [1.54, 1.807) is 0 Å². The van der Waals surface area contributed by atoms with E-state index in [9.17, 15) is 8.78 Å². The third-order valence-corrected chi connectivity index (χ3v) is 3.24. The second-order valence-electron chi connectivity index (χ2n) is 4.49. The highest BCUT2D eigenvalue weighted by Gasteiger charge is 2.21. The first kappa shape index (κ1) is 13.1. The Morgan fingerprint density at radius 3 is 2.83 bits per heavy atom. The summed E-state index contributed by atoms with van der Waals surface area (Å²) in [6.07, 6.45) is 2.14. The molecule has 1 saturated heterocycles. The lowest BCUT2D eigenvalue weighted by atomic mass is 10.2. The molecule has 0 radical (unpaired) electrons. The van der Waals surface area contributed by atoms with E-state index in [-0.39, 0.29) is 11.8 Å². The van der Waals surface area contributed by atoms with Gasteiger partial charge in [-0.15, -0.1) is 0 Å². The zero-order valence-electron chi connectivity index (χ0n) is 10.5. The number of hydrogen-bond donors (Lipinski definition) is 1. The number of halogens is 2. The van der Waals surface area contributed by atoms with Gasteiger partial charge in [-0.3, -0.25) is 0 Å². The number of benzene rings is 1. The maximum atomic E-state index is 13.4. The van der Waals surface area contributed by atoms with Gasteiger partial charge in [0.25, 0.3) is 0 Å². The normalized spacial score (nSPS) is 19.2. The molecule has 2 rings (SSSR count). The largest absolute Gasteiger partial charge is 0.395 e. The van der Waals surface area contributed by atoms with Gasteiger partial charge in [0.1, 0.15) is 5.82 Å². The average molecular weight is 256 g/mol. The highest BCUT2D eigenvalue weighted by atomic mass is 19.1. The maximum absolute atomic E-state index is 13.4. The van der Waals surface area contributed by atoms with Crippen molar-refractivity contribution in [3.63, 3.8) is 0 Å². The SMILES string of the molecule is CCN(CC1CCCO1)c1cc(F)cc(F)c1N. The lowest BCUT2D eigenvalue weighted by Crippen LogP contribution is -2.32. The molecule has 0 aromatic heterocycles. The minimum absolute atomic E-state index is 0.00348. The molecular weight excluding hydrogens is 238 g/mol. The summed E-state index contributed by atoms with van der Waals surface area (Å²) in [5.41, 5.74) is 6.08. The number of nitrogen functional groups attached to an aromatic ring is 1. The Labute approximate surface area is 106 Å². The smallest absolute Gasteiger partial charge is 0.151 e. The van der Waals surface area contributed by atoms with Crippen LogP contribution in [0.15, 0.2) is 12.1 Å². The molecular formula is C13H18F2N2O. The van der Waals surface area contributed by atoms with Crippen LogP contribution in [0.1, 0.15) is 19.8 Å². The number of rotatable bonds is 4. The molecule has 0 amide bonds. The van der Waals surface area contributed by atoms with E-state index in [0.29, 0.717) is 18.8 Å². The third-order valence-electron chi connectivity index (χ3n) is 3.24. The zero-order chi connectivity index (χ0) is 13.1. The number of nitrogens with two attached hydrogens (primary N) is 1. The predicted molar refractivity (Wildman–Crippen MR) is 67.6 cm³/mol. The molecule has 0 bridgehead atoms. The van der Waals surface area contributed by atoms with Gasteiger partial charge in [-0.05, 0) is 25.8 Å². The van der Waals surface area contributed by atoms with Crippen LogP contribution in [0.25, 0.3) is 0 Å². The van der Waals surface area contributed by atoms with Crippen molar-refractivity contribution in [2.75, 3.05) is 30.3 Å². The molecule has 1 unspecified atom stereocenters. The Bertz CT molecular complexity index is 420. The molecule has 1 aliphatic heterocycles. The van der Waals surface area contributed by atoms with Gasteiger partial charge < -0.3 is 15.4 Å². The molecule has 2 N–H and O–H groups in total. The summed E-state index contributed by atoms with van der Waals surface area (Å²) in [5, 5.41) is 0. The highest BCUT2D eigenvalue weighted by Crippen LogP contribution is 2.28. The number of likely N-dealkylation sites (N-methyl/N-ethyl adjacent to an activating group) is 1. The summed E-state index contributed by atoms with van der Waals surface area (Å²) in [6, 6.07) is 2.08. The molecule has 1 aliphatic rings. The van der Waals surface area contributed by atoms with Gasteiger partial charge in [-0.2, -0.15) is 0 Å². The van der Waals surface area contributed by atoms with Crippen molar-refractivity contribution in [1.29, 1.82) is 0 Å². The first-order valence-electron chi connectivity index (χ1n) is 6.23. The Morgan fingerprint density at radius 1 is 1.44 bits per heavy atom. The quantitative estimate of drug-likeness (QED) is 0.841. The first-order valence-corrected chi connectivity index (χ1v) is 6.23. The molecule has 1 fully saturated rings. The van der Waals surface area contributed by atoms with Crippen molar-refractivity contribution in [2.24, 2.45) is 0 Å². The Morgan fingerprint density at radius 2 is 2.22 bits per heavy atom. The number of ether oxygens (including phenoxy) is 1. The van der Waals surface area contributed by atoms with E-state index in [2.05, 4.69) is 0 Å².